The first-order valence-electron chi connectivity index (χ1n) is 5.32. The first kappa shape index (κ1) is 11.1. The van der Waals surface area contributed by atoms with Crippen LogP contribution in [0.1, 0.15) is 0 Å². The van der Waals surface area contributed by atoms with E-state index in [0.29, 0.717) is 10.4 Å². The number of pyridine rings is 1. The van der Waals surface area contributed by atoms with E-state index < -0.39 is 0 Å². The summed E-state index contributed by atoms with van der Waals surface area (Å²) in [4.78, 5) is 4.39. The highest BCUT2D eigenvalue weighted by molar-refractivity contribution is 9.10. The van der Waals surface area contributed by atoms with Crippen molar-refractivity contribution < 1.29 is 10.2 Å². The van der Waals surface area contributed by atoms with Gasteiger partial charge in [0.25, 0.3) is 0 Å². The number of phenols is 1. The van der Waals surface area contributed by atoms with E-state index in [1.54, 1.807) is 40.8 Å². The maximum absolute atomic E-state index is 9.93. The first-order valence-corrected chi connectivity index (χ1v) is 6.11. The minimum atomic E-state index is 0.119. The maximum atomic E-state index is 9.93. The molecule has 0 aliphatic carbocycles. The molecule has 0 spiro atoms. The van der Waals surface area contributed by atoms with E-state index in [1.165, 1.54) is 0 Å². The van der Waals surface area contributed by atoms with Crippen LogP contribution >= 0.6 is 15.9 Å². The fourth-order valence-electron chi connectivity index (χ4n) is 1.89. The van der Waals surface area contributed by atoms with E-state index >= 15 is 0 Å². The first-order chi connectivity index (χ1) is 8.66. The molecule has 0 aliphatic heterocycles. The highest BCUT2D eigenvalue weighted by atomic mass is 79.9. The fraction of sp³-hybridized carbons (Fsp3) is 0. The molecule has 18 heavy (non-hydrogen) atoms. The van der Waals surface area contributed by atoms with Gasteiger partial charge in [0.2, 0.25) is 0 Å². The van der Waals surface area contributed by atoms with Crippen LogP contribution in [-0.4, -0.2) is 19.6 Å². The predicted molar refractivity (Wildman–Crippen MR) is 71.7 cm³/mol. The summed E-state index contributed by atoms with van der Waals surface area (Å²) < 4.78 is 2.32. The van der Waals surface area contributed by atoms with Crippen LogP contribution in [0.4, 0.5) is 0 Å². The lowest BCUT2D eigenvalue weighted by Gasteiger charge is -2.03. The highest BCUT2D eigenvalue weighted by Crippen LogP contribution is 2.30. The highest BCUT2D eigenvalue weighted by Gasteiger charge is 2.13. The van der Waals surface area contributed by atoms with E-state index in [4.69, 9.17) is 0 Å². The Labute approximate surface area is 111 Å². The molecular formula is C13H9BrN2O2. The van der Waals surface area contributed by atoms with Crippen LogP contribution in [0.25, 0.3) is 16.9 Å². The van der Waals surface area contributed by atoms with Gasteiger partial charge in [-0.2, -0.15) is 0 Å². The number of aromatic hydroxyl groups is 2. The van der Waals surface area contributed by atoms with Crippen molar-refractivity contribution in [3.05, 3.63) is 47.1 Å². The maximum Gasteiger partial charge on any atom is 0.197 e. The molecule has 2 heterocycles. The molecule has 90 valence electrons. The molecule has 0 fully saturated rings. The summed E-state index contributed by atoms with van der Waals surface area (Å²) in [5.41, 5.74) is 1.60. The summed E-state index contributed by atoms with van der Waals surface area (Å²) in [5, 5.41) is 19.2. The lowest BCUT2D eigenvalue weighted by atomic mass is 10.2. The molecule has 0 saturated carbocycles. The monoisotopic (exact) mass is 304 g/mol. The lowest BCUT2D eigenvalue weighted by molar-refractivity contribution is 0.447. The smallest absolute Gasteiger partial charge is 0.197 e. The van der Waals surface area contributed by atoms with Crippen LogP contribution in [0, 0.1) is 0 Å². The zero-order valence-electron chi connectivity index (χ0n) is 9.21. The van der Waals surface area contributed by atoms with Crippen molar-refractivity contribution in [1.29, 1.82) is 0 Å². The third-order valence-corrected chi connectivity index (χ3v) is 3.31. The minimum Gasteiger partial charge on any atom is -0.508 e. The predicted octanol–water partition coefficient (Wildman–Crippen LogP) is 3.18. The van der Waals surface area contributed by atoms with Crippen molar-refractivity contribution in [2.75, 3.05) is 0 Å². The molecule has 5 heteroatoms. The third-order valence-electron chi connectivity index (χ3n) is 2.72. The molecule has 0 saturated heterocycles. The van der Waals surface area contributed by atoms with Crippen molar-refractivity contribution in [2.45, 2.75) is 0 Å². The average molecular weight is 305 g/mol. The van der Waals surface area contributed by atoms with Gasteiger partial charge in [0.05, 0.1) is 5.52 Å². The second-order valence-electron chi connectivity index (χ2n) is 3.88. The van der Waals surface area contributed by atoms with Gasteiger partial charge in [-0.3, -0.25) is 4.40 Å². The Morgan fingerprint density at radius 2 is 1.72 bits per heavy atom. The molecule has 2 N–H and O–H groups in total. The zero-order valence-corrected chi connectivity index (χ0v) is 10.8. The van der Waals surface area contributed by atoms with Gasteiger partial charge in [0.15, 0.2) is 5.88 Å². The molecule has 4 nitrogen and oxygen atoms in total. The topological polar surface area (TPSA) is 57.8 Å². The summed E-state index contributed by atoms with van der Waals surface area (Å²) in [6.07, 6.45) is 0. The Morgan fingerprint density at radius 1 is 1.00 bits per heavy atom. The van der Waals surface area contributed by atoms with Crippen LogP contribution in [0.5, 0.6) is 11.6 Å². The summed E-state index contributed by atoms with van der Waals surface area (Å²) in [6.45, 7) is 0. The van der Waals surface area contributed by atoms with Gasteiger partial charge in [-0.15, -0.1) is 0 Å². The van der Waals surface area contributed by atoms with Crippen molar-refractivity contribution in [1.82, 2.24) is 9.38 Å². The van der Waals surface area contributed by atoms with Crippen LogP contribution in [0.3, 0.4) is 0 Å². The molecule has 0 atom stereocenters. The molecule has 0 unspecified atom stereocenters. The molecule has 0 bridgehead atoms. The van der Waals surface area contributed by atoms with Crippen LogP contribution in [0.2, 0.25) is 0 Å². The van der Waals surface area contributed by atoms with Gasteiger partial charge in [-0.1, -0.05) is 6.07 Å². The SMILES string of the molecule is Oc1ccc(-c2nc(Br)c3cccc(O)n23)cc1. The summed E-state index contributed by atoms with van der Waals surface area (Å²) in [7, 11) is 0. The fourth-order valence-corrected chi connectivity index (χ4v) is 2.36. The number of benzene rings is 1. The van der Waals surface area contributed by atoms with Gasteiger partial charge >= 0.3 is 0 Å². The minimum absolute atomic E-state index is 0.119. The largest absolute Gasteiger partial charge is 0.508 e. The standard InChI is InChI=1S/C13H9BrN2O2/c14-12-10-2-1-3-11(18)16(10)13(15-12)8-4-6-9(17)7-5-8/h1-7,17-18H. The Kier molecular flexibility index (Phi) is 2.48. The molecule has 1 aromatic carbocycles. The van der Waals surface area contributed by atoms with E-state index in [-0.39, 0.29) is 11.6 Å². The normalized spacial score (nSPS) is 10.9. The van der Waals surface area contributed by atoms with Gasteiger partial charge in [-0.25, -0.2) is 4.98 Å². The average Bonchev–Trinajstić information content (AvgIpc) is 2.70. The molecule has 0 radical (unpaired) electrons. The van der Waals surface area contributed by atoms with Gasteiger partial charge < -0.3 is 10.2 Å². The lowest BCUT2D eigenvalue weighted by Crippen LogP contribution is -1.89. The molecule has 0 aliphatic rings. The number of fused-ring (bicyclic) bond motifs is 1. The number of halogens is 1. The molecular weight excluding hydrogens is 296 g/mol. The Balaban J connectivity index is 2.32. The van der Waals surface area contributed by atoms with E-state index in [1.807, 2.05) is 6.07 Å². The number of phenolic OH excluding ortho intramolecular Hbond substituents is 1. The summed E-state index contributed by atoms with van der Waals surface area (Å²) in [6, 6.07) is 11.9. The number of hydrogen-bond acceptors (Lipinski definition) is 3. The molecule has 3 aromatic rings. The number of rotatable bonds is 1. The Bertz CT molecular complexity index is 720. The van der Waals surface area contributed by atoms with Crippen molar-refractivity contribution in [3.8, 4) is 23.0 Å². The van der Waals surface area contributed by atoms with Gasteiger partial charge in [0.1, 0.15) is 16.2 Å². The third kappa shape index (κ3) is 1.64. The number of nitrogens with zero attached hydrogens (tertiary/aromatic N) is 2. The van der Waals surface area contributed by atoms with E-state index in [9.17, 15) is 10.2 Å². The Morgan fingerprint density at radius 3 is 2.44 bits per heavy atom. The summed E-state index contributed by atoms with van der Waals surface area (Å²) in [5.74, 6) is 0.937. The van der Waals surface area contributed by atoms with E-state index in [0.717, 1.165) is 11.1 Å². The zero-order chi connectivity index (χ0) is 12.7. The number of imidazole rings is 1. The van der Waals surface area contributed by atoms with Crippen molar-refractivity contribution in [2.24, 2.45) is 0 Å². The van der Waals surface area contributed by atoms with Gasteiger partial charge in [-0.05, 0) is 52.3 Å². The quantitative estimate of drug-likeness (QED) is 0.726. The Hall–Kier alpha value is -2.01. The van der Waals surface area contributed by atoms with Crippen molar-refractivity contribution >= 4 is 21.4 Å². The van der Waals surface area contributed by atoms with E-state index in [2.05, 4.69) is 20.9 Å². The second kappa shape index (κ2) is 4.03. The summed E-state index contributed by atoms with van der Waals surface area (Å²) >= 11 is 3.37. The molecule has 3 rings (SSSR count). The van der Waals surface area contributed by atoms with Crippen LogP contribution < -0.4 is 0 Å². The molecule has 2 aromatic heterocycles. The molecule has 0 amide bonds. The number of aromatic nitrogens is 2. The van der Waals surface area contributed by atoms with Crippen molar-refractivity contribution in [3.63, 3.8) is 0 Å². The second-order valence-corrected chi connectivity index (χ2v) is 4.63. The van der Waals surface area contributed by atoms with Crippen LogP contribution in [-0.2, 0) is 0 Å². The van der Waals surface area contributed by atoms with Crippen LogP contribution in [0.15, 0.2) is 47.1 Å². The van der Waals surface area contributed by atoms with Gasteiger partial charge in [0, 0.05) is 5.56 Å². The number of hydrogen-bond donors (Lipinski definition) is 2.